The number of hydrogen-bond acceptors (Lipinski definition) is 4. The van der Waals surface area contributed by atoms with Crippen LogP contribution >= 0.6 is 21.6 Å². The first-order valence-corrected chi connectivity index (χ1v) is 11.8. The molecule has 1 aliphatic rings. The van der Waals surface area contributed by atoms with Crippen molar-refractivity contribution in [3.05, 3.63) is 71.4 Å². The lowest BCUT2D eigenvalue weighted by Crippen LogP contribution is -2.32. The van der Waals surface area contributed by atoms with Gasteiger partial charge in [-0.15, -0.1) is 0 Å². The number of pyridine rings is 1. The van der Waals surface area contributed by atoms with Crippen molar-refractivity contribution in [3.8, 4) is 0 Å². The lowest BCUT2D eigenvalue weighted by molar-refractivity contribution is 0.0947. The molecule has 1 unspecified atom stereocenters. The third-order valence-electron chi connectivity index (χ3n) is 5.15. The van der Waals surface area contributed by atoms with Crippen LogP contribution in [0.15, 0.2) is 59.6 Å². The molecule has 0 bridgehead atoms. The molecule has 0 fully saturated rings. The zero-order chi connectivity index (χ0) is 18.6. The summed E-state index contributed by atoms with van der Waals surface area (Å²) in [7, 11) is 3.36. The molecular formula is C22H22N2OS2. The number of rotatable bonds is 5. The molecular weight excluding hydrogens is 372 g/mol. The van der Waals surface area contributed by atoms with Crippen molar-refractivity contribution in [2.24, 2.45) is 5.92 Å². The van der Waals surface area contributed by atoms with Crippen molar-refractivity contribution in [1.29, 1.82) is 0 Å². The molecule has 3 nitrogen and oxygen atoms in total. The van der Waals surface area contributed by atoms with Gasteiger partial charge in [0.05, 0.1) is 5.52 Å². The highest BCUT2D eigenvalue weighted by atomic mass is 33.1. The number of nitrogens with zero attached hydrogens (tertiary/aromatic N) is 1. The fraction of sp³-hybridized carbons (Fsp3) is 0.273. The van der Waals surface area contributed by atoms with E-state index in [9.17, 15) is 4.79 Å². The van der Waals surface area contributed by atoms with E-state index in [4.69, 9.17) is 0 Å². The number of fused-ring (bicyclic) bond motifs is 2. The summed E-state index contributed by atoms with van der Waals surface area (Å²) in [5.41, 5.74) is 4.49. The van der Waals surface area contributed by atoms with Gasteiger partial charge in [-0.1, -0.05) is 51.9 Å². The van der Waals surface area contributed by atoms with E-state index in [0.29, 0.717) is 11.5 Å². The van der Waals surface area contributed by atoms with Crippen LogP contribution in [-0.2, 0) is 12.8 Å². The van der Waals surface area contributed by atoms with Gasteiger partial charge in [-0.3, -0.25) is 9.78 Å². The van der Waals surface area contributed by atoms with E-state index < -0.39 is 0 Å². The number of hydrogen-bond donors (Lipinski definition) is 1. The predicted molar refractivity (Wildman–Crippen MR) is 115 cm³/mol. The molecule has 0 aliphatic heterocycles. The highest BCUT2D eigenvalue weighted by Crippen LogP contribution is 2.34. The van der Waals surface area contributed by atoms with Crippen LogP contribution in [0.4, 0.5) is 0 Å². The third kappa shape index (κ3) is 3.99. The van der Waals surface area contributed by atoms with E-state index in [1.54, 1.807) is 27.8 Å². The zero-order valence-corrected chi connectivity index (χ0v) is 16.9. The number of aromatic nitrogens is 1. The predicted octanol–water partition coefficient (Wildman–Crippen LogP) is 5.14. The molecule has 3 aromatic rings. The summed E-state index contributed by atoms with van der Waals surface area (Å²) in [6.07, 6.45) is 7.10. The summed E-state index contributed by atoms with van der Waals surface area (Å²) in [6, 6.07) is 16.5. The number of carbonyl (C=O) groups is 1. The summed E-state index contributed by atoms with van der Waals surface area (Å²) in [4.78, 5) is 18.5. The van der Waals surface area contributed by atoms with Crippen molar-refractivity contribution >= 4 is 38.4 Å². The SMILES string of the molecule is CSSc1ccc(C(=O)NCC2CCc3ccccc3C2)c2cccnc12. The Morgan fingerprint density at radius 2 is 2.00 bits per heavy atom. The Balaban J connectivity index is 1.48. The molecule has 0 saturated carbocycles. The zero-order valence-electron chi connectivity index (χ0n) is 15.3. The standard InChI is InChI=1S/C22H22N2OS2/c1-26-27-20-11-10-19(18-7-4-12-23-21(18)20)22(25)24-14-15-8-9-16-5-2-3-6-17(16)13-15/h2-7,10-12,15H,8-9,13-14H2,1H3,(H,24,25). The van der Waals surface area contributed by atoms with Crippen molar-refractivity contribution in [2.45, 2.75) is 24.2 Å². The van der Waals surface area contributed by atoms with Crippen LogP contribution in [0.1, 0.15) is 27.9 Å². The maximum atomic E-state index is 12.9. The van der Waals surface area contributed by atoms with Gasteiger partial charge in [0, 0.05) is 28.6 Å². The van der Waals surface area contributed by atoms with Crippen LogP contribution in [-0.4, -0.2) is 23.7 Å². The van der Waals surface area contributed by atoms with E-state index in [1.165, 1.54) is 11.1 Å². The average molecular weight is 395 g/mol. The highest BCUT2D eigenvalue weighted by molar-refractivity contribution is 8.76. The summed E-state index contributed by atoms with van der Waals surface area (Å²) < 4.78 is 0. The Morgan fingerprint density at radius 1 is 1.15 bits per heavy atom. The van der Waals surface area contributed by atoms with Gasteiger partial charge in [0.15, 0.2) is 0 Å². The first-order valence-electron chi connectivity index (χ1n) is 9.19. The van der Waals surface area contributed by atoms with Gasteiger partial charge in [-0.2, -0.15) is 0 Å². The van der Waals surface area contributed by atoms with Crippen LogP contribution in [0.5, 0.6) is 0 Å². The second kappa shape index (κ2) is 8.36. The fourth-order valence-corrected chi connectivity index (χ4v) is 5.27. The number of nitrogens with one attached hydrogen (secondary N) is 1. The van der Waals surface area contributed by atoms with Gasteiger partial charge in [0.2, 0.25) is 0 Å². The van der Waals surface area contributed by atoms with Crippen molar-refractivity contribution < 1.29 is 4.79 Å². The Bertz CT molecular complexity index is 973. The van der Waals surface area contributed by atoms with Crippen molar-refractivity contribution in [1.82, 2.24) is 10.3 Å². The fourth-order valence-electron chi connectivity index (χ4n) is 3.78. The molecule has 4 rings (SSSR count). The molecule has 138 valence electrons. The van der Waals surface area contributed by atoms with Crippen LogP contribution in [0.2, 0.25) is 0 Å². The van der Waals surface area contributed by atoms with E-state index in [0.717, 1.165) is 41.6 Å². The molecule has 0 saturated heterocycles. The van der Waals surface area contributed by atoms with Crippen LogP contribution in [0, 0.1) is 5.92 Å². The molecule has 5 heteroatoms. The molecule has 1 aromatic heterocycles. The van der Waals surface area contributed by atoms with E-state index in [1.807, 2.05) is 30.5 Å². The topological polar surface area (TPSA) is 42.0 Å². The van der Waals surface area contributed by atoms with E-state index in [-0.39, 0.29) is 5.91 Å². The molecule has 1 heterocycles. The van der Waals surface area contributed by atoms with Gasteiger partial charge in [-0.05, 0) is 60.8 Å². The Labute approximate surface area is 167 Å². The number of carbonyl (C=O) groups excluding carboxylic acids is 1. The molecule has 0 radical (unpaired) electrons. The summed E-state index contributed by atoms with van der Waals surface area (Å²) in [5, 5.41) is 4.08. The Kier molecular flexibility index (Phi) is 5.69. The second-order valence-electron chi connectivity index (χ2n) is 6.85. The Morgan fingerprint density at radius 3 is 2.85 bits per heavy atom. The molecule has 1 amide bonds. The number of aryl methyl sites for hydroxylation is 1. The molecule has 1 N–H and O–H groups in total. The lowest BCUT2D eigenvalue weighted by atomic mass is 9.84. The average Bonchev–Trinajstić information content (AvgIpc) is 2.72. The summed E-state index contributed by atoms with van der Waals surface area (Å²) >= 11 is 0. The van der Waals surface area contributed by atoms with Crippen molar-refractivity contribution in [2.75, 3.05) is 12.8 Å². The van der Waals surface area contributed by atoms with E-state index in [2.05, 4.69) is 34.6 Å². The monoisotopic (exact) mass is 394 g/mol. The minimum atomic E-state index is -0.00689. The molecule has 1 atom stereocenters. The maximum absolute atomic E-state index is 12.9. The van der Waals surface area contributed by atoms with Crippen LogP contribution in [0.3, 0.4) is 0 Å². The normalized spacial score (nSPS) is 16.1. The van der Waals surface area contributed by atoms with Crippen LogP contribution < -0.4 is 5.32 Å². The van der Waals surface area contributed by atoms with Gasteiger partial charge >= 0.3 is 0 Å². The minimum absolute atomic E-state index is 0.00689. The lowest BCUT2D eigenvalue weighted by Gasteiger charge is -2.24. The van der Waals surface area contributed by atoms with Gasteiger partial charge < -0.3 is 5.32 Å². The maximum Gasteiger partial charge on any atom is 0.251 e. The molecule has 0 spiro atoms. The largest absolute Gasteiger partial charge is 0.352 e. The third-order valence-corrected chi connectivity index (χ3v) is 6.86. The number of benzene rings is 2. The summed E-state index contributed by atoms with van der Waals surface area (Å²) in [6.45, 7) is 0.718. The van der Waals surface area contributed by atoms with Crippen LogP contribution in [0.25, 0.3) is 10.9 Å². The second-order valence-corrected chi connectivity index (χ2v) is 9.29. The van der Waals surface area contributed by atoms with E-state index >= 15 is 0 Å². The van der Waals surface area contributed by atoms with Gasteiger partial charge in [-0.25, -0.2) is 0 Å². The molecule has 1 aliphatic carbocycles. The minimum Gasteiger partial charge on any atom is -0.352 e. The smallest absolute Gasteiger partial charge is 0.251 e. The van der Waals surface area contributed by atoms with Gasteiger partial charge in [0.25, 0.3) is 5.91 Å². The first kappa shape index (κ1) is 18.4. The van der Waals surface area contributed by atoms with Crippen molar-refractivity contribution in [3.63, 3.8) is 0 Å². The Hall–Kier alpha value is -1.98. The summed E-state index contributed by atoms with van der Waals surface area (Å²) in [5.74, 6) is 0.493. The first-order chi connectivity index (χ1) is 13.3. The number of amides is 1. The van der Waals surface area contributed by atoms with Gasteiger partial charge in [0.1, 0.15) is 0 Å². The molecule has 2 aromatic carbocycles. The highest BCUT2D eigenvalue weighted by Gasteiger charge is 2.20. The quantitative estimate of drug-likeness (QED) is 0.609. The molecule has 27 heavy (non-hydrogen) atoms.